The zero-order valence-corrected chi connectivity index (χ0v) is 13.9. The molecule has 0 aliphatic heterocycles. The second-order valence-electron chi connectivity index (χ2n) is 5.26. The van der Waals surface area contributed by atoms with Crippen molar-refractivity contribution in [2.75, 3.05) is 11.9 Å². The van der Waals surface area contributed by atoms with Gasteiger partial charge in [0.15, 0.2) is 5.60 Å². The van der Waals surface area contributed by atoms with Crippen molar-refractivity contribution in [2.24, 2.45) is 0 Å². The highest BCUT2D eigenvalue weighted by Crippen LogP contribution is 2.24. The Morgan fingerprint density at radius 2 is 1.83 bits per heavy atom. The molecule has 2 atom stereocenters. The van der Waals surface area contributed by atoms with Crippen LogP contribution in [0.3, 0.4) is 0 Å². The van der Waals surface area contributed by atoms with E-state index in [0.29, 0.717) is 5.69 Å². The average Bonchev–Trinajstić information content (AvgIpc) is 2.46. The first-order valence-electron chi connectivity index (χ1n) is 6.89. The lowest BCUT2D eigenvalue weighted by Crippen LogP contribution is -2.48. The molecule has 4 N–H and O–H groups in total. The van der Waals surface area contributed by atoms with Gasteiger partial charge in [-0.05, 0) is 38.1 Å². The average molecular weight is 340 g/mol. The van der Waals surface area contributed by atoms with Crippen molar-refractivity contribution in [1.82, 2.24) is 5.32 Å². The maximum absolute atomic E-state index is 11.9. The van der Waals surface area contributed by atoms with Gasteiger partial charge in [0.1, 0.15) is 0 Å². The SMILES string of the molecule is CC(=O)Nc1ccc(SC(C)C(=O)NCC(C)(O)C(=O)O)cc1. The van der Waals surface area contributed by atoms with Crippen LogP contribution in [0.5, 0.6) is 0 Å². The highest BCUT2D eigenvalue weighted by molar-refractivity contribution is 8.00. The molecule has 0 bridgehead atoms. The molecule has 126 valence electrons. The number of carbonyl (C=O) groups excluding carboxylic acids is 2. The molecule has 1 aromatic carbocycles. The third-order valence-corrected chi connectivity index (χ3v) is 4.04. The quantitative estimate of drug-likeness (QED) is 0.552. The van der Waals surface area contributed by atoms with E-state index in [9.17, 15) is 19.5 Å². The Balaban J connectivity index is 2.55. The van der Waals surface area contributed by atoms with Crippen LogP contribution in [0.15, 0.2) is 29.2 Å². The second kappa shape index (κ2) is 7.98. The van der Waals surface area contributed by atoms with Crippen LogP contribution in [-0.2, 0) is 14.4 Å². The highest BCUT2D eigenvalue weighted by atomic mass is 32.2. The molecule has 1 aromatic rings. The first-order chi connectivity index (χ1) is 10.6. The fourth-order valence-electron chi connectivity index (χ4n) is 1.56. The summed E-state index contributed by atoms with van der Waals surface area (Å²) in [5.74, 6) is -1.93. The van der Waals surface area contributed by atoms with Gasteiger partial charge >= 0.3 is 5.97 Å². The molecule has 0 aliphatic carbocycles. The molecule has 0 fully saturated rings. The summed E-state index contributed by atoms with van der Waals surface area (Å²) in [4.78, 5) is 34.5. The first-order valence-corrected chi connectivity index (χ1v) is 7.77. The zero-order chi connectivity index (χ0) is 17.6. The van der Waals surface area contributed by atoms with Gasteiger partial charge in [-0.3, -0.25) is 9.59 Å². The van der Waals surface area contributed by atoms with Crippen LogP contribution in [0.2, 0.25) is 0 Å². The number of aliphatic carboxylic acids is 1. The van der Waals surface area contributed by atoms with Crippen molar-refractivity contribution in [3.8, 4) is 0 Å². The molecule has 7 nitrogen and oxygen atoms in total. The van der Waals surface area contributed by atoms with E-state index in [1.54, 1.807) is 31.2 Å². The Hall–Kier alpha value is -2.06. The van der Waals surface area contributed by atoms with Crippen LogP contribution in [0.25, 0.3) is 0 Å². The van der Waals surface area contributed by atoms with Gasteiger partial charge in [-0.25, -0.2) is 4.79 Å². The minimum absolute atomic E-state index is 0.163. The number of aliphatic hydroxyl groups is 1. The van der Waals surface area contributed by atoms with Gasteiger partial charge in [-0.2, -0.15) is 0 Å². The molecule has 1 rings (SSSR count). The molecule has 23 heavy (non-hydrogen) atoms. The number of hydrogen-bond acceptors (Lipinski definition) is 5. The molecule has 0 aliphatic rings. The molecule has 8 heteroatoms. The predicted octanol–water partition coefficient (Wildman–Crippen LogP) is 1.08. The van der Waals surface area contributed by atoms with E-state index in [0.717, 1.165) is 11.8 Å². The van der Waals surface area contributed by atoms with E-state index >= 15 is 0 Å². The summed E-state index contributed by atoms with van der Waals surface area (Å²) < 4.78 is 0. The van der Waals surface area contributed by atoms with Crippen molar-refractivity contribution in [3.05, 3.63) is 24.3 Å². The molecule has 0 aromatic heterocycles. The summed E-state index contributed by atoms with van der Waals surface area (Å²) in [7, 11) is 0. The molecule has 2 unspecified atom stereocenters. The topological polar surface area (TPSA) is 116 Å². The lowest BCUT2D eigenvalue weighted by atomic mass is 10.1. The Kier molecular flexibility index (Phi) is 6.59. The molecule has 0 spiro atoms. The molecule has 0 saturated carbocycles. The van der Waals surface area contributed by atoms with E-state index in [1.807, 2.05) is 0 Å². The van der Waals surface area contributed by atoms with Crippen LogP contribution in [0.1, 0.15) is 20.8 Å². The molecular weight excluding hydrogens is 320 g/mol. The van der Waals surface area contributed by atoms with Gasteiger partial charge < -0.3 is 20.8 Å². The van der Waals surface area contributed by atoms with Crippen LogP contribution in [0.4, 0.5) is 5.69 Å². The van der Waals surface area contributed by atoms with Crippen molar-refractivity contribution in [1.29, 1.82) is 0 Å². The van der Waals surface area contributed by atoms with Crippen molar-refractivity contribution >= 4 is 35.2 Å². The lowest BCUT2D eigenvalue weighted by molar-refractivity contribution is -0.156. The number of thioether (sulfide) groups is 1. The summed E-state index contributed by atoms with van der Waals surface area (Å²) in [6.07, 6.45) is 0. The van der Waals surface area contributed by atoms with E-state index in [-0.39, 0.29) is 18.4 Å². The summed E-state index contributed by atoms with van der Waals surface area (Å²) in [6, 6.07) is 6.99. The second-order valence-corrected chi connectivity index (χ2v) is 6.68. The van der Waals surface area contributed by atoms with Gasteiger partial charge in [0.05, 0.1) is 11.8 Å². The van der Waals surface area contributed by atoms with Crippen molar-refractivity contribution in [2.45, 2.75) is 36.5 Å². The number of anilines is 1. The van der Waals surface area contributed by atoms with E-state index in [4.69, 9.17) is 5.11 Å². The maximum Gasteiger partial charge on any atom is 0.337 e. The third-order valence-electron chi connectivity index (χ3n) is 2.92. The number of carboxylic acid groups (broad SMARTS) is 1. The Morgan fingerprint density at radius 1 is 1.26 bits per heavy atom. The number of amides is 2. The van der Waals surface area contributed by atoms with Crippen LogP contribution >= 0.6 is 11.8 Å². The minimum Gasteiger partial charge on any atom is -0.479 e. The predicted molar refractivity (Wildman–Crippen MR) is 87.3 cm³/mol. The number of carboxylic acids is 1. The van der Waals surface area contributed by atoms with Crippen molar-refractivity contribution in [3.63, 3.8) is 0 Å². The molecule has 0 heterocycles. The summed E-state index contributed by atoms with van der Waals surface area (Å²) in [6.45, 7) is 3.85. The first kappa shape index (κ1) is 19.0. The van der Waals surface area contributed by atoms with Gasteiger partial charge in [0.25, 0.3) is 0 Å². The van der Waals surface area contributed by atoms with Gasteiger partial charge in [0, 0.05) is 17.5 Å². The number of nitrogens with one attached hydrogen (secondary N) is 2. The number of rotatable bonds is 7. The standard InChI is InChI=1S/C15H20N2O5S/c1-9(13(19)16-8-15(3,22)14(20)21)23-12-6-4-11(5-7-12)17-10(2)18/h4-7,9,22H,8H2,1-3H3,(H,16,19)(H,17,18)(H,20,21). The van der Waals surface area contributed by atoms with E-state index < -0.39 is 16.8 Å². The molecule has 2 amide bonds. The van der Waals surface area contributed by atoms with Gasteiger partial charge in [-0.1, -0.05) is 0 Å². The zero-order valence-electron chi connectivity index (χ0n) is 13.1. The largest absolute Gasteiger partial charge is 0.479 e. The normalized spacial score (nSPS) is 14.4. The lowest BCUT2D eigenvalue weighted by Gasteiger charge is -2.20. The Labute approximate surface area is 138 Å². The van der Waals surface area contributed by atoms with Gasteiger partial charge in [0.2, 0.25) is 11.8 Å². The van der Waals surface area contributed by atoms with Crippen molar-refractivity contribution < 1.29 is 24.6 Å². The number of hydrogen-bond donors (Lipinski definition) is 4. The summed E-state index contributed by atoms with van der Waals surface area (Å²) in [5.41, 5.74) is -1.34. The smallest absolute Gasteiger partial charge is 0.337 e. The number of carbonyl (C=O) groups is 3. The Bertz CT molecular complexity index is 586. The van der Waals surface area contributed by atoms with Crippen LogP contribution in [0, 0.1) is 0 Å². The highest BCUT2D eigenvalue weighted by Gasteiger charge is 2.30. The third kappa shape index (κ3) is 6.29. The fraction of sp³-hybridized carbons (Fsp3) is 0.400. The maximum atomic E-state index is 11.9. The molecule has 0 saturated heterocycles. The van der Waals surface area contributed by atoms with Crippen LogP contribution < -0.4 is 10.6 Å². The summed E-state index contributed by atoms with van der Waals surface area (Å²) >= 11 is 1.28. The monoisotopic (exact) mass is 340 g/mol. The minimum atomic E-state index is -2.00. The molecule has 0 radical (unpaired) electrons. The van der Waals surface area contributed by atoms with E-state index in [2.05, 4.69) is 10.6 Å². The molecular formula is C15H20N2O5S. The Morgan fingerprint density at radius 3 is 2.30 bits per heavy atom. The van der Waals surface area contributed by atoms with Crippen LogP contribution in [-0.4, -0.2) is 45.4 Å². The summed E-state index contributed by atoms with van der Waals surface area (Å²) in [5, 5.41) is 22.9. The van der Waals surface area contributed by atoms with Gasteiger partial charge in [-0.15, -0.1) is 11.8 Å². The number of benzene rings is 1. The van der Waals surface area contributed by atoms with E-state index in [1.165, 1.54) is 18.7 Å². The fourth-order valence-corrected chi connectivity index (χ4v) is 2.45.